The SMILES string of the molecule is COC(=O)C1(C(=O)OC)N[C@H](c2ccc([N+](=O)[O-])cc2)O[C@H]1c1ccc([N+](=O)[O-])cc1. The molecule has 1 aliphatic heterocycles. The smallest absolute Gasteiger partial charge is 0.341 e. The molecular formula is C19H17N3O9. The second-order valence-electron chi connectivity index (χ2n) is 6.53. The highest BCUT2D eigenvalue weighted by molar-refractivity contribution is 6.06. The molecule has 0 amide bonds. The molecule has 1 heterocycles. The summed E-state index contributed by atoms with van der Waals surface area (Å²) in [7, 11) is 2.17. The molecule has 0 radical (unpaired) electrons. The molecule has 0 saturated carbocycles. The summed E-state index contributed by atoms with van der Waals surface area (Å²) in [6.07, 6.45) is -2.31. The first-order chi connectivity index (χ1) is 14.7. The Morgan fingerprint density at radius 1 is 0.871 bits per heavy atom. The van der Waals surface area contributed by atoms with E-state index in [0.717, 1.165) is 14.2 Å². The molecule has 12 heteroatoms. The van der Waals surface area contributed by atoms with Crippen molar-refractivity contribution in [2.75, 3.05) is 14.2 Å². The van der Waals surface area contributed by atoms with Crippen LogP contribution in [0.4, 0.5) is 11.4 Å². The van der Waals surface area contributed by atoms with Crippen molar-refractivity contribution in [2.24, 2.45) is 0 Å². The zero-order valence-electron chi connectivity index (χ0n) is 16.3. The van der Waals surface area contributed by atoms with Gasteiger partial charge in [-0.05, 0) is 35.4 Å². The van der Waals surface area contributed by atoms with E-state index in [9.17, 15) is 29.8 Å². The second kappa shape index (κ2) is 8.45. The Labute approximate surface area is 175 Å². The largest absolute Gasteiger partial charge is 0.467 e. The summed E-state index contributed by atoms with van der Waals surface area (Å²) in [5.74, 6) is -1.99. The van der Waals surface area contributed by atoms with Gasteiger partial charge in [-0.25, -0.2) is 9.59 Å². The van der Waals surface area contributed by atoms with Gasteiger partial charge in [-0.2, -0.15) is 0 Å². The number of nitro benzene ring substituents is 2. The van der Waals surface area contributed by atoms with Gasteiger partial charge in [0.05, 0.1) is 24.1 Å². The van der Waals surface area contributed by atoms with Crippen molar-refractivity contribution in [3.05, 3.63) is 79.9 Å². The lowest BCUT2D eigenvalue weighted by molar-refractivity contribution is -0.385. The maximum absolute atomic E-state index is 12.8. The number of carbonyl (C=O) groups excluding carboxylic acids is 2. The molecule has 1 N–H and O–H groups in total. The highest BCUT2D eigenvalue weighted by atomic mass is 16.6. The number of hydrogen-bond acceptors (Lipinski definition) is 10. The number of non-ortho nitro benzene ring substituents is 2. The monoisotopic (exact) mass is 431 g/mol. The standard InChI is InChI=1S/C19H17N3O9/c1-29-17(23)19(18(24)30-2)15(11-3-7-13(8-4-11)21(25)26)31-16(20-19)12-5-9-14(10-6-12)22(27)28/h3-10,15-16,20H,1-2H3/t15-,16-/m0/s1. The van der Waals surface area contributed by atoms with E-state index in [2.05, 4.69) is 5.32 Å². The molecule has 1 fully saturated rings. The van der Waals surface area contributed by atoms with Gasteiger partial charge >= 0.3 is 11.9 Å². The van der Waals surface area contributed by atoms with Gasteiger partial charge in [0.25, 0.3) is 11.4 Å². The fourth-order valence-electron chi connectivity index (χ4n) is 3.32. The van der Waals surface area contributed by atoms with Crippen molar-refractivity contribution >= 4 is 23.3 Å². The quantitative estimate of drug-likeness (QED) is 0.310. The summed E-state index contributed by atoms with van der Waals surface area (Å²) in [5, 5.41) is 24.6. The van der Waals surface area contributed by atoms with Crippen LogP contribution in [0.3, 0.4) is 0 Å². The summed E-state index contributed by atoms with van der Waals surface area (Å²) >= 11 is 0. The lowest BCUT2D eigenvalue weighted by atomic mass is 9.88. The van der Waals surface area contributed by atoms with Crippen LogP contribution in [-0.2, 0) is 23.8 Å². The average molecular weight is 431 g/mol. The number of rotatable bonds is 6. The zero-order valence-corrected chi connectivity index (χ0v) is 16.3. The molecule has 12 nitrogen and oxygen atoms in total. The predicted molar refractivity (Wildman–Crippen MR) is 103 cm³/mol. The van der Waals surface area contributed by atoms with Crippen LogP contribution in [0.5, 0.6) is 0 Å². The van der Waals surface area contributed by atoms with Gasteiger partial charge in [-0.1, -0.05) is 0 Å². The summed E-state index contributed by atoms with van der Waals surface area (Å²) in [4.78, 5) is 46.2. The Balaban J connectivity index is 2.07. The molecule has 2 aromatic rings. The van der Waals surface area contributed by atoms with Gasteiger partial charge in [0.2, 0.25) is 5.54 Å². The molecule has 0 aliphatic carbocycles. The second-order valence-corrected chi connectivity index (χ2v) is 6.53. The van der Waals surface area contributed by atoms with E-state index in [1.165, 1.54) is 48.5 Å². The number of nitro groups is 2. The normalized spacial score (nSPS) is 19.4. The summed E-state index contributed by atoms with van der Waals surface area (Å²) in [6.45, 7) is 0. The zero-order chi connectivity index (χ0) is 22.8. The Bertz CT molecular complexity index is 1000. The molecule has 0 aromatic heterocycles. The molecule has 3 rings (SSSR count). The topological polar surface area (TPSA) is 160 Å². The number of esters is 2. The molecule has 2 atom stereocenters. The molecule has 31 heavy (non-hydrogen) atoms. The maximum atomic E-state index is 12.8. The Morgan fingerprint density at radius 2 is 1.29 bits per heavy atom. The lowest BCUT2D eigenvalue weighted by Gasteiger charge is -2.28. The number of carbonyl (C=O) groups is 2. The minimum absolute atomic E-state index is 0.152. The third kappa shape index (κ3) is 3.81. The summed E-state index contributed by atoms with van der Waals surface area (Å²) in [5.41, 5.74) is -1.79. The van der Waals surface area contributed by atoms with E-state index in [0.29, 0.717) is 5.56 Å². The molecular weight excluding hydrogens is 414 g/mol. The average Bonchev–Trinajstić information content (AvgIpc) is 3.19. The number of methoxy groups -OCH3 is 2. The highest BCUT2D eigenvalue weighted by Gasteiger charge is 2.62. The van der Waals surface area contributed by atoms with Gasteiger partial charge in [0.15, 0.2) is 0 Å². The molecule has 0 unspecified atom stereocenters. The fraction of sp³-hybridized carbons (Fsp3) is 0.263. The van der Waals surface area contributed by atoms with Crippen molar-refractivity contribution in [2.45, 2.75) is 17.9 Å². The molecule has 0 bridgehead atoms. The first kappa shape index (κ1) is 21.8. The van der Waals surface area contributed by atoms with Crippen molar-refractivity contribution in [1.29, 1.82) is 0 Å². The van der Waals surface area contributed by atoms with Crippen LogP contribution in [0.1, 0.15) is 23.5 Å². The lowest BCUT2D eigenvalue weighted by Crippen LogP contribution is -2.59. The molecule has 2 aromatic carbocycles. The number of benzene rings is 2. The van der Waals surface area contributed by atoms with Crippen molar-refractivity contribution in [1.82, 2.24) is 5.32 Å². The van der Waals surface area contributed by atoms with Crippen molar-refractivity contribution < 1.29 is 33.6 Å². The maximum Gasteiger partial charge on any atom is 0.341 e. The van der Waals surface area contributed by atoms with Crippen LogP contribution in [-0.4, -0.2) is 41.5 Å². The highest BCUT2D eigenvalue weighted by Crippen LogP contribution is 2.43. The van der Waals surface area contributed by atoms with Crippen LogP contribution in [0.25, 0.3) is 0 Å². The van der Waals surface area contributed by atoms with Gasteiger partial charge in [0, 0.05) is 24.3 Å². The molecule has 1 aliphatic rings. The summed E-state index contributed by atoms with van der Waals surface area (Å²) < 4.78 is 15.6. The van der Waals surface area contributed by atoms with Gasteiger partial charge in [-0.15, -0.1) is 0 Å². The van der Waals surface area contributed by atoms with Gasteiger partial charge in [-0.3, -0.25) is 25.5 Å². The first-order valence-corrected chi connectivity index (χ1v) is 8.83. The third-order valence-electron chi connectivity index (χ3n) is 4.85. The minimum Gasteiger partial charge on any atom is -0.467 e. The van der Waals surface area contributed by atoms with E-state index in [-0.39, 0.29) is 16.9 Å². The van der Waals surface area contributed by atoms with E-state index in [4.69, 9.17) is 14.2 Å². The fourth-order valence-corrected chi connectivity index (χ4v) is 3.32. The van der Waals surface area contributed by atoms with E-state index < -0.39 is 39.7 Å². The van der Waals surface area contributed by atoms with Crippen LogP contribution in [0, 0.1) is 20.2 Å². The van der Waals surface area contributed by atoms with Crippen LogP contribution < -0.4 is 5.32 Å². The predicted octanol–water partition coefficient (Wildman–Crippen LogP) is 1.95. The Kier molecular flexibility index (Phi) is 5.95. The van der Waals surface area contributed by atoms with Gasteiger partial charge < -0.3 is 14.2 Å². The Hall–Kier alpha value is -3.90. The van der Waals surface area contributed by atoms with Crippen LogP contribution in [0.15, 0.2) is 48.5 Å². The number of hydrogen-bond donors (Lipinski definition) is 1. The van der Waals surface area contributed by atoms with Crippen LogP contribution in [0.2, 0.25) is 0 Å². The minimum atomic E-state index is -2.12. The van der Waals surface area contributed by atoms with Crippen molar-refractivity contribution in [3.8, 4) is 0 Å². The molecule has 1 saturated heterocycles. The van der Waals surface area contributed by atoms with Crippen LogP contribution >= 0.6 is 0 Å². The van der Waals surface area contributed by atoms with Gasteiger partial charge in [0.1, 0.15) is 12.3 Å². The first-order valence-electron chi connectivity index (χ1n) is 8.83. The number of nitrogens with zero attached hydrogens (tertiary/aromatic N) is 2. The number of ether oxygens (including phenoxy) is 3. The van der Waals surface area contributed by atoms with E-state index in [1.807, 2.05) is 0 Å². The molecule has 0 spiro atoms. The molecule has 162 valence electrons. The third-order valence-corrected chi connectivity index (χ3v) is 4.85. The Morgan fingerprint density at radius 3 is 1.68 bits per heavy atom. The van der Waals surface area contributed by atoms with E-state index in [1.54, 1.807) is 0 Å². The number of nitrogens with one attached hydrogen (secondary N) is 1. The van der Waals surface area contributed by atoms with Crippen molar-refractivity contribution in [3.63, 3.8) is 0 Å². The van der Waals surface area contributed by atoms with E-state index >= 15 is 0 Å². The summed E-state index contributed by atoms with van der Waals surface area (Å²) in [6, 6.07) is 10.4.